The first-order valence-corrected chi connectivity index (χ1v) is 5.19. The molecule has 11 heavy (non-hydrogen) atoms. The highest BCUT2D eigenvalue weighted by Gasteiger charge is 2.09. The molecule has 0 aromatic heterocycles. The molecule has 0 bridgehead atoms. The summed E-state index contributed by atoms with van der Waals surface area (Å²) in [5.41, 5.74) is 0. The maximum Gasteiger partial charge on any atom is 0.183 e. The van der Waals surface area contributed by atoms with E-state index in [9.17, 15) is 4.21 Å². The van der Waals surface area contributed by atoms with Crippen molar-refractivity contribution in [2.45, 2.75) is 32.8 Å². The quantitative estimate of drug-likeness (QED) is 0.700. The van der Waals surface area contributed by atoms with E-state index in [2.05, 4.69) is 6.58 Å². The van der Waals surface area contributed by atoms with Gasteiger partial charge in [0.15, 0.2) is 10.0 Å². The summed E-state index contributed by atoms with van der Waals surface area (Å²) in [6.45, 7) is 7.14. The lowest BCUT2D eigenvalue weighted by atomic mass is 10.2. The molecule has 1 N–H and O–H groups in total. The van der Waals surface area contributed by atoms with Crippen LogP contribution in [-0.4, -0.2) is 10.3 Å². The minimum atomic E-state index is -2.98. The molecule has 1 atom stereocenters. The Hall–Kier alpha value is -0.350. The summed E-state index contributed by atoms with van der Waals surface area (Å²) in [4.78, 5) is 0. The minimum absolute atomic E-state index is 0.0852. The van der Waals surface area contributed by atoms with E-state index >= 15 is 0 Å². The lowest BCUT2D eigenvalue weighted by Gasteiger charge is -2.12. The first-order chi connectivity index (χ1) is 5.05. The van der Waals surface area contributed by atoms with Crippen LogP contribution in [0.1, 0.15) is 26.7 Å². The molecule has 1 unspecified atom stereocenters. The monoisotopic (exact) mass is 177 g/mol. The second-order valence-electron chi connectivity index (χ2n) is 2.25. The van der Waals surface area contributed by atoms with Crippen molar-refractivity contribution >= 4 is 10.0 Å². The van der Waals surface area contributed by atoms with Crippen molar-refractivity contribution in [1.29, 1.82) is 4.78 Å². The normalized spacial score (nSPS) is 16.3. The predicted octanol–water partition coefficient (Wildman–Crippen LogP) is 2.30. The van der Waals surface area contributed by atoms with Crippen LogP contribution in [0.2, 0.25) is 0 Å². The molecular weight excluding hydrogens is 162 g/mol. The number of rotatable bonds is 5. The van der Waals surface area contributed by atoms with Gasteiger partial charge in [0.25, 0.3) is 0 Å². The van der Waals surface area contributed by atoms with E-state index in [1.807, 2.05) is 13.8 Å². The van der Waals surface area contributed by atoms with Crippen molar-refractivity contribution < 1.29 is 8.39 Å². The molecule has 0 fully saturated rings. The molecule has 4 heteroatoms. The minimum Gasteiger partial charge on any atom is -0.278 e. The summed E-state index contributed by atoms with van der Waals surface area (Å²) < 4.78 is 23.1. The van der Waals surface area contributed by atoms with Gasteiger partial charge in [0.1, 0.15) is 0 Å². The fourth-order valence-electron chi connectivity index (χ4n) is 0.666. The summed E-state index contributed by atoms with van der Waals surface area (Å²) in [6.07, 6.45) is 1.47. The molecule has 0 amide bonds. The summed E-state index contributed by atoms with van der Waals surface area (Å²) in [5, 5.41) is 1.05. The molecule has 3 nitrogen and oxygen atoms in total. The third-order valence-corrected chi connectivity index (χ3v) is 2.41. The van der Waals surface area contributed by atoms with E-state index in [1.54, 1.807) is 0 Å². The van der Waals surface area contributed by atoms with Gasteiger partial charge in [0.2, 0.25) is 0 Å². The molecule has 0 aliphatic carbocycles. The fraction of sp³-hybridized carbons (Fsp3) is 0.714. The van der Waals surface area contributed by atoms with Crippen molar-refractivity contribution in [1.82, 2.24) is 0 Å². The Balaban J connectivity index is 4.12. The van der Waals surface area contributed by atoms with E-state index in [4.69, 9.17) is 8.96 Å². The predicted molar refractivity (Wildman–Crippen MR) is 46.5 cm³/mol. The van der Waals surface area contributed by atoms with Gasteiger partial charge in [-0.3, -0.25) is 4.18 Å². The third-order valence-electron chi connectivity index (χ3n) is 1.41. The molecule has 0 aliphatic rings. The Morgan fingerprint density at radius 1 is 1.64 bits per heavy atom. The van der Waals surface area contributed by atoms with Crippen molar-refractivity contribution in [2.75, 3.05) is 0 Å². The number of hydrogen-bond acceptors (Lipinski definition) is 3. The van der Waals surface area contributed by atoms with Crippen LogP contribution in [0.5, 0.6) is 0 Å². The van der Waals surface area contributed by atoms with Gasteiger partial charge >= 0.3 is 0 Å². The van der Waals surface area contributed by atoms with Crippen molar-refractivity contribution in [3.63, 3.8) is 0 Å². The van der Waals surface area contributed by atoms with Gasteiger partial charge in [0.05, 0.1) is 6.10 Å². The van der Waals surface area contributed by atoms with Crippen molar-refractivity contribution in [2.24, 2.45) is 0 Å². The Morgan fingerprint density at radius 3 is 2.36 bits per heavy atom. The van der Waals surface area contributed by atoms with Crippen molar-refractivity contribution in [3.8, 4) is 0 Å². The molecule has 66 valence electrons. The zero-order valence-electron chi connectivity index (χ0n) is 7.00. The Morgan fingerprint density at radius 2 is 2.09 bits per heavy atom. The summed E-state index contributed by atoms with van der Waals surface area (Å²) in [6, 6.07) is 0. The standard InChI is InChI=1S/C7H15NO2S/c1-4-7(5-2)10-11(8,9)6-3/h6-8H,3-5H2,1-2H3. The summed E-state index contributed by atoms with van der Waals surface area (Å²) in [7, 11) is -2.98. The second kappa shape index (κ2) is 4.51. The third kappa shape index (κ3) is 4.16. The topological polar surface area (TPSA) is 50.2 Å². The van der Waals surface area contributed by atoms with Crippen molar-refractivity contribution in [3.05, 3.63) is 12.0 Å². The Labute approximate surface area is 68.6 Å². The Bertz CT molecular complexity index is 204. The first-order valence-electron chi connectivity index (χ1n) is 3.65. The van der Waals surface area contributed by atoms with Gasteiger partial charge in [-0.25, -0.2) is 8.99 Å². The average Bonchev–Trinajstić information content (AvgIpc) is 2.00. The maximum atomic E-state index is 11.0. The molecule has 0 rings (SSSR count). The highest BCUT2D eigenvalue weighted by atomic mass is 32.2. The van der Waals surface area contributed by atoms with E-state index in [0.717, 1.165) is 18.2 Å². The van der Waals surface area contributed by atoms with Gasteiger partial charge in [-0.15, -0.1) is 0 Å². The molecule has 0 saturated carbocycles. The SMILES string of the molecule is C=CS(=N)(=O)OC(CC)CC. The van der Waals surface area contributed by atoms with Crippen LogP contribution in [0.4, 0.5) is 0 Å². The van der Waals surface area contributed by atoms with E-state index in [-0.39, 0.29) is 6.10 Å². The van der Waals surface area contributed by atoms with Crippen LogP contribution in [0.25, 0.3) is 0 Å². The summed E-state index contributed by atoms with van der Waals surface area (Å²) in [5.74, 6) is 0. The van der Waals surface area contributed by atoms with Gasteiger partial charge in [-0.1, -0.05) is 20.4 Å². The maximum absolute atomic E-state index is 11.0. The molecule has 0 saturated heterocycles. The van der Waals surface area contributed by atoms with E-state index in [0.29, 0.717) is 0 Å². The zero-order valence-corrected chi connectivity index (χ0v) is 7.82. The molecule has 0 spiro atoms. The van der Waals surface area contributed by atoms with E-state index in [1.165, 1.54) is 0 Å². The molecule has 0 aromatic carbocycles. The van der Waals surface area contributed by atoms with Crippen LogP contribution in [0.3, 0.4) is 0 Å². The lowest BCUT2D eigenvalue weighted by molar-refractivity contribution is 0.214. The van der Waals surface area contributed by atoms with Crippen LogP contribution in [-0.2, 0) is 14.2 Å². The lowest BCUT2D eigenvalue weighted by Crippen LogP contribution is -2.13. The zero-order chi connectivity index (χ0) is 8.91. The Kier molecular flexibility index (Phi) is 4.37. The second-order valence-corrected chi connectivity index (χ2v) is 3.86. The highest BCUT2D eigenvalue weighted by molar-refractivity contribution is 7.90. The van der Waals surface area contributed by atoms with Crippen LogP contribution in [0, 0.1) is 4.78 Å². The average molecular weight is 177 g/mol. The van der Waals surface area contributed by atoms with Crippen LogP contribution < -0.4 is 0 Å². The van der Waals surface area contributed by atoms with Crippen LogP contribution in [0.15, 0.2) is 12.0 Å². The van der Waals surface area contributed by atoms with Crippen LogP contribution >= 0.6 is 0 Å². The number of nitrogens with one attached hydrogen (secondary N) is 1. The van der Waals surface area contributed by atoms with Gasteiger partial charge < -0.3 is 0 Å². The molecule has 0 heterocycles. The first kappa shape index (κ1) is 10.7. The number of hydrogen-bond donors (Lipinski definition) is 1. The highest BCUT2D eigenvalue weighted by Crippen LogP contribution is 2.08. The van der Waals surface area contributed by atoms with Gasteiger partial charge in [0, 0.05) is 5.41 Å². The smallest absolute Gasteiger partial charge is 0.183 e. The fourth-order valence-corrected chi connectivity index (χ4v) is 1.42. The molecule has 0 aliphatic heterocycles. The van der Waals surface area contributed by atoms with Gasteiger partial charge in [-0.2, -0.15) is 0 Å². The van der Waals surface area contributed by atoms with Gasteiger partial charge in [-0.05, 0) is 12.8 Å². The summed E-state index contributed by atoms with van der Waals surface area (Å²) >= 11 is 0. The largest absolute Gasteiger partial charge is 0.278 e. The molecule has 0 radical (unpaired) electrons. The molecular formula is C7H15NO2S. The molecule has 0 aromatic rings. The van der Waals surface area contributed by atoms with E-state index < -0.39 is 10.0 Å².